The van der Waals surface area contributed by atoms with E-state index in [-0.39, 0.29) is 5.41 Å². The summed E-state index contributed by atoms with van der Waals surface area (Å²) in [5.74, 6) is 1.86. The normalized spacial score (nSPS) is 12.0. The molecule has 130 heavy (non-hydrogen) atoms. The third-order valence-corrected chi connectivity index (χ3v) is 26.1. The van der Waals surface area contributed by atoms with Crippen molar-refractivity contribution in [2.75, 3.05) is 21.3 Å². The maximum atomic E-state index is 5.98. The van der Waals surface area contributed by atoms with Crippen LogP contribution in [0.25, 0.3) is 170 Å². The molecule has 0 aliphatic heterocycles. The SMILES string of the molecule is CC1(C)c2ccccc2-c2cc(Nc3ccc4sc5ccccc5c4c3)ccc21.c1ccc(-n2c3ccccc3c3ccc(Nc4ccc5oc6ccccc6c5c4)cc32)cc1.c1ccc(Nc2ccc3c4ccccc4n(-c4ccc5ccccc5c4)c3c2)cc1.c1ccc(Nc2ccc3c4ccccc4n(-c4nc(-c5ccccc5)nc(-c5ccccc5)n4)c3c2)cc1. The van der Waals surface area contributed by atoms with Gasteiger partial charge in [0.05, 0.1) is 33.1 Å². The lowest BCUT2D eigenvalue weighted by atomic mass is 9.82. The van der Waals surface area contributed by atoms with Gasteiger partial charge in [0.2, 0.25) is 5.95 Å². The molecule has 19 aromatic carbocycles. The van der Waals surface area contributed by atoms with Crippen LogP contribution in [0.1, 0.15) is 25.0 Å². The molecule has 0 fully saturated rings. The van der Waals surface area contributed by atoms with Crippen molar-refractivity contribution >= 4 is 175 Å². The van der Waals surface area contributed by atoms with Gasteiger partial charge in [-0.2, -0.15) is 9.97 Å². The van der Waals surface area contributed by atoms with E-state index >= 15 is 0 Å². The van der Waals surface area contributed by atoms with E-state index in [0.29, 0.717) is 17.6 Å². The van der Waals surface area contributed by atoms with Crippen LogP contribution in [0.3, 0.4) is 0 Å². The van der Waals surface area contributed by atoms with E-state index in [4.69, 9.17) is 19.4 Å². The Morgan fingerprint density at radius 3 is 1.24 bits per heavy atom. The molecule has 4 N–H and O–H groups in total. The zero-order chi connectivity index (χ0) is 86.6. The van der Waals surface area contributed by atoms with E-state index < -0.39 is 0 Å². The molecule has 1 aliphatic carbocycles. The molecule has 26 rings (SSSR count). The van der Waals surface area contributed by atoms with Gasteiger partial charge in [0.25, 0.3) is 0 Å². The summed E-state index contributed by atoms with van der Waals surface area (Å²) in [5, 5.41) is 29.1. The van der Waals surface area contributed by atoms with Gasteiger partial charge in [-0.1, -0.05) is 299 Å². The predicted octanol–water partition coefficient (Wildman–Crippen LogP) is 32.3. The van der Waals surface area contributed by atoms with E-state index in [1.165, 1.54) is 102 Å². The highest BCUT2D eigenvalue weighted by atomic mass is 32.1. The van der Waals surface area contributed by atoms with Gasteiger partial charge >= 0.3 is 0 Å². The van der Waals surface area contributed by atoms with Gasteiger partial charge in [-0.15, -0.1) is 11.3 Å². The Balaban J connectivity index is 0.0000000992. The molecule has 1 aliphatic rings. The first-order valence-electron chi connectivity index (χ1n) is 43.9. The van der Waals surface area contributed by atoms with Gasteiger partial charge in [-0.3, -0.25) is 4.57 Å². The van der Waals surface area contributed by atoms with Gasteiger partial charge in [-0.05, 0) is 197 Å². The number of nitrogens with one attached hydrogen (secondary N) is 4. The summed E-state index contributed by atoms with van der Waals surface area (Å²) in [6, 6.07) is 157. The number of para-hydroxylation sites is 7. The number of thiophene rings is 1. The van der Waals surface area contributed by atoms with Crippen molar-refractivity contribution in [2.45, 2.75) is 19.3 Å². The molecule has 12 heteroatoms. The van der Waals surface area contributed by atoms with E-state index in [0.717, 1.165) is 106 Å². The fourth-order valence-electron chi connectivity index (χ4n) is 18.8. The second-order valence-electron chi connectivity index (χ2n) is 33.4. The molecule has 0 saturated carbocycles. The van der Waals surface area contributed by atoms with Crippen molar-refractivity contribution in [3.05, 3.63) is 460 Å². The first-order valence-corrected chi connectivity index (χ1v) is 44.7. The second-order valence-corrected chi connectivity index (χ2v) is 34.5. The van der Waals surface area contributed by atoms with Crippen molar-refractivity contribution in [1.29, 1.82) is 0 Å². The van der Waals surface area contributed by atoms with Gasteiger partial charge < -0.3 is 34.8 Å². The number of nitrogens with zero attached hydrogens (tertiary/aromatic N) is 6. The Morgan fingerprint density at radius 2 is 0.638 bits per heavy atom. The Kier molecular flexibility index (Phi) is 19.9. The number of aromatic nitrogens is 6. The average molecular weight is 1690 g/mol. The summed E-state index contributed by atoms with van der Waals surface area (Å²) >= 11 is 1.86. The predicted molar refractivity (Wildman–Crippen MR) is 547 cm³/mol. The van der Waals surface area contributed by atoms with E-state index in [1.807, 2.05) is 133 Å². The molecule has 618 valence electrons. The molecule has 0 atom stereocenters. The average Bonchev–Trinajstić information content (AvgIpc) is 1.59. The van der Waals surface area contributed by atoms with Crippen LogP contribution >= 0.6 is 11.3 Å². The lowest BCUT2D eigenvalue weighted by Crippen LogP contribution is -2.14. The molecular weight excluding hydrogens is 1610 g/mol. The molecule has 0 unspecified atom stereocenters. The number of rotatable bonds is 13. The summed E-state index contributed by atoms with van der Waals surface area (Å²) in [6.07, 6.45) is 0. The molecule has 6 heterocycles. The summed E-state index contributed by atoms with van der Waals surface area (Å²) < 4.78 is 15.5. The fraction of sp³-hybridized carbons (Fsp3) is 0.0254. The van der Waals surface area contributed by atoms with Crippen LogP contribution in [0.5, 0.6) is 0 Å². The molecule has 0 bridgehead atoms. The first kappa shape index (κ1) is 77.8. The zero-order valence-electron chi connectivity index (χ0n) is 71.2. The third-order valence-electron chi connectivity index (χ3n) is 25.0. The Bertz CT molecular complexity index is 8530. The van der Waals surface area contributed by atoms with E-state index in [1.54, 1.807) is 0 Å². The number of benzene rings is 19. The molecular formula is C118H84N10OS. The number of hydrogen-bond donors (Lipinski definition) is 4. The maximum Gasteiger partial charge on any atom is 0.238 e. The molecule has 11 nitrogen and oxygen atoms in total. The fourth-order valence-corrected chi connectivity index (χ4v) is 19.9. The highest BCUT2D eigenvalue weighted by Gasteiger charge is 2.35. The van der Waals surface area contributed by atoms with Crippen LogP contribution in [-0.4, -0.2) is 28.7 Å². The maximum absolute atomic E-state index is 5.98. The van der Waals surface area contributed by atoms with Crippen LogP contribution in [0.15, 0.2) is 453 Å². The lowest BCUT2D eigenvalue weighted by molar-refractivity contribution is 0.660. The number of anilines is 8. The van der Waals surface area contributed by atoms with Crippen LogP contribution in [0.2, 0.25) is 0 Å². The summed E-state index contributed by atoms with van der Waals surface area (Å²) in [7, 11) is 0. The Labute approximate surface area is 754 Å². The molecule has 0 spiro atoms. The van der Waals surface area contributed by atoms with Crippen molar-refractivity contribution in [3.63, 3.8) is 0 Å². The van der Waals surface area contributed by atoms with Gasteiger partial charge in [0.15, 0.2) is 11.6 Å². The second kappa shape index (κ2) is 33.2. The molecule has 0 radical (unpaired) electrons. The van der Waals surface area contributed by atoms with Crippen molar-refractivity contribution < 1.29 is 4.42 Å². The van der Waals surface area contributed by atoms with Crippen molar-refractivity contribution in [3.8, 4) is 51.2 Å². The summed E-state index contributed by atoms with van der Waals surface area (Å²) in [5.41, 5.74) is 27.1. The highest BCUT2D eigenvalue weighted by molar-refractivity contribution is 7.25. The van der Waals surface area contributed by atoms with Gasteiger partial charge in [-0.25, -0.2) is 4.98 Å². The molecule has 0 saturated heterocycles. The van der Waals surface area contributed by atoms with Gasteiger partial charge in [0.1, 0.15) is 11.2 Å². The minimum absolute atomic E-state index is 0.0545. The number of furan rings is 1. The third kappa shape index (κ3) is 14.7. The van der Waals surface area contributed by atoms with Crippen molar-refractivity contribution in [2.24, 2.45) is 0 Å². The summed E-state index contributed by atoms with van der Waals surface area (Å²) in [4.78, 5) is 14.9. The first-order chi connectivity index (χ1) is 64.2. The lowest BCUT2D eigenvalue weighted by Gasteiger charge is -2.21. The topological polar surface area (TPSA) is 115 Å². The monoisotopic (exact) mass is 1690 g/mol. The van der Waals surface area contributed by atoms with Crippen molar-refractivity contribution in [1.82, 2.24) is 28.7 Å². The van der Waals surface area contributed by atoms with Crippen LogP contribution in [-0.2, 0) is 5.41 Å². The number of fused-ring (bicyclic) bond motifs is 19. The standard InChI is InChI=1S/C33H23N5.C30H20N2O.C28H20N2.C27H21NS/c1-4-12-23(13-5-1)31-35-32(24-14-6-2-7-15-24)37-33(36-31)38-29-19-11-10-18-27(29)28-21-20-26(22-30(28)38)34-25-16-8-3-9-17-25;1-2-8-22(9-3-1)32-27-12-6-4-10-23(27)24-16-14-21(19-28(24)32)31-20-15-17-30-26(18-20)25-11-5-7-13-29(25)33-30;1-2-10-22(11-3-1)29-23-15-17-26-25-12-6-7-13-27(25)30(28(26)19-23)24-16-14-20-8-4-5-9-21(20)18-24;1-27(2)23-9-5-3-7-19(23)21-15-17(11-13-24(21)27)28-18-12-14-26-22(16-18)20-8-4-6-10-25(20)29-26/h1-22,34H;1-19,31H;1-19,29H;3-16,28H,1-2H3. The Hall–Kier alpha value is -16.9. The zero-order valence-corrected chi connectivity index (χ0v) is 72.0. The largest absolute Gasteiger partial charge is 0.456 e. The van der Waals surface area contributed by atoms with E-state index in [2.05, 4.69) is 376 Å². The van der Waals surface area contributed by atoms with Crippen LogP contribution < -0.4 is 21.3 Å². The van der Waals surface area contributed by atoms with Crippen LogP contribution in [0.4, 0.5) is 45.5 Å². The Morgan fingerprint density at radius 1 is 0.238 bits per heavy atom. The molecule has 6 aromatic heterocycles. The summed E-state index contributed by atoms with van der Waals surface area (Å²) in [6.45, 7) is 4.64. The smallest absolute Gasteiger partial charge is 0.238 e. The highest BCUT2D eigenvalue weighted by Crippen LogP contribution is 2.50. The molecule has 0 amide bonds. The minimum Gasteiger partial charge on any atom is -0.456 e. The van der Waals surface area contributed by atoms with Crippen LogP contribution in [0, 0.1) is 0 Å². The molecule has 25 aromatic rings. The quantitative estimate of drug-likeness (QED) is 0.0903. The minimum atomic E-state index is 0.0545. The van der Waals surface area contributed by atoms with E-state index in [9.17, 15) is 0 Å². The van der Waals surface area contributed by atoms with Gasteiger partial charge in [0, 0.05) is 137 Å². The number of hydrogen-bond acceptors (Lipinski definition) is 9.